The van der Waals surface area contributed by atoms with Gasteiger partial charge in [0.05, 0.1) is 18.5 Å². The lowest BCUT2D eigenvalue weighted by Gasteiger charge is -2.05. The van der Waals surface area contributed by atoms with E-state index in [9.17, 15) is 9.59 Å². The molecule has 0 atom stereocenters. The van der Waals surface area contributed by atoms with Crippen molar-refractivity contribution in [3.8, 4) is 11.4 Å². The van der Waals surface area contributed by atoms with Crippen molar-refractivity contribution in [2.24, 2.45) is 5.73 Å². The van der Waals surface area contributed by atoms with E-state index in [4.69, 9.17) is 5.73 Å². The van der Waals surface area contributed by atoms with Crippen molar-refractivity contribution in [3.63, 3.8) is 0 Å². The third-order valence-electron chi connectivity index (χ3n) is 4.40. The number of esters is 1. The number of hydrogen-bond acceptors (Lipinski definition) is 5. The van der Waals surface area contributed by atoms with Crippen LogP contribution in [0.15, 0.2) is 53.3 Å². The molecule has 0 saturated carbocycles. The summed E-state index contributed by atoms with van der Waals surface area (Å²) in [5.74, 6) is 0.346. The Bertz CT molecular complexity index is 986. The Hall–Kier alpha value is -3.19. The Balaban J connectivity index is 1.88. The standard InChI is InChI=1S/C20H22N4O3/c1-14-22-24(18-10-5-16(13-21)6-11-18)20(26)23(14)17-8-3-15(4-9-17)7-12-19(25)27-2/h3-6,8-11H,7,12-13,21H2,1-2H3. The summed E-state index contributed by atoms with van der Waals surface area (Å²) in [6.45, 7) is 2.24. The molecule has 0 fully saturated rings. The molecule has 0 bridgehead atoms. The number of methoxy groups -OCH3 is 1. The number of rotatable bonds is 6. The molecular weight excluding hydrogens is 344 g/mol. The van der Waals surface area contributed by atoms with Crippen LogP contribution in [-0.2, 0) is 22.5 Å². The molecule has 0 radical (unpaired) electrons. The van der Waals surface area contributed by atoms with Crippen LogP contribution in [0.1, 0.15) is 23.4 Å². The summed E-state index contributed by atoms with van der Waals surface area (Å²) in [7, 11) is 1.38. The SMILES string of the molecule is COC(=O)CCc1ccc(-n2c(C)nn(-c3ccc(CN)cc3)c2=O)cc1. The second-order valence-corrected chi connectivity index (χ2v) is 6.19. The molecule has 0 saturated heterocycles. The smallest absolute Gasteiger partial charge is 0.355 e. The number of carbonyl (C=O) groups excluding carboxylic acids is 1. The van der Waals surface area contributed by atoms with Crippen LogP contribution in [-0.4, -0.2) is 27.4 Å². The van der Waals surface area contributed by atoms with E-state index >= 15 is 0 Å². The van der Waals surface area contributed by atoms with Gasteiger partial charge in [0.25, 0.3) is 0 Å². The first-order chi connectivity index (χ1) is 13.0. The van der Waals surface area contributed by atoms with Crippen molar-refractivity contribution in [3.05, 3.63) is 76.0 Å². The molecule has 0 spiro atoms. The van der Waals surface area contributed by atoms with Crippen LogP contribution in [0.2, 0.25) is 0 Å². The van der Waals surface area contributed by atoms with Crippen LogP contribution in [0.25, 0.3) is 11.4 Å². The number of benzene rings is 2. The first-order valence-electron chi connectivity index (χ1n) is 8.67. The first kappa shape index (κ1) is 18.6. The monoisotopic (exact) mass is 366 g/mol. The lowest BCUT2D eigenvalue weighted by Crippen LogP contribution is -2.23. The molecule has 0 unspecified atom stereocenters. The van der Waals surface area contributed by atoms with Crippen molar-refractivity contribution in [1.29, 1.82) is 0 Å². The van der Waals surface area contributed by atoms with Crippen molar-refractivity contribution in [2.75, 3.05) is 7.11 Å². The van der Waals surface area contributed by atoms with Gasteiger partial charge in [0.15, 0.2) is 0 Å². The van der Waals surface area contributed by atoms with E-state index in [0.717, 1.165) is 16.8 Å². The highest BCUT2D eigenvalue weighted by Crippen LogP contribution is 2.13. The molecule has 0 amide bonds. The number of carbonyl (C=O) groups is 1. The molecule has 7 heteroatoms. The molecule has 3 rings (SSSR count). The van der Waals surface area contributed by atoms with Gasteiger partial charge in [-0.05, 0) is 48.7 Å². The normalized spacial score (nSPS) is 10.8. The Morgan fingerprint density at radius 3 is 2.22 bits per heavy atom. The highest BCUT2D eigenvalue weighted by molar-refractivity contribution is 5.69. The molecule has 3 aromatic rings. The third-order valence-corrected chi connectivity index (χ3v) is 4.40. The van der Waals surface area contributed by atoms with E-state index in [0.29, 0.717) is 30.9 Å². The number of ether oxygens (including phenoxy) is 1. The van der Waals surface area contributed by atoms with Gasteiger partial charge in [0, 0.05) is 13.0 Å². The molecule has 2 aromatic carbocycles. The van der Waals surface area contributed by atoms with E-state index in [1.165, 1.54) is 11.8 Å². The summed E-state index contributed by atoms with van der Waals surface area (Å²) in [6, 6.07) is 14.9. The van der Waals surface area contributed by atoms with E-state index in [1.54, 1.807) is 11.5 Å². The fourth-order valence-electron chi connectivity index (χ4n) is 2.86. The van der Waals surface area contributed by atoms with Crippen LogP contribution in [0.3, 0.4) is 0 Å². The summed E-state index contributed by atoms with van der Waals surface area (Å²) in [4.78, 5) is 24.1. The average molecular weight is 366 g/mol. The third kappa shape index (κ3) is 3.98. The van der Waals surface area contributed by atoms with E-state index < -0.39 is 0 Å². The maximum Gasteiger partial charge on any atom is 0.355 e. The minimum absolute atomic E-state index is 0.240. The zero-order valence-electron chi connectivity index (χ0n) is 15.4. The van der Waals surface area contributed by atoms with Gasteiger partial charge in [-0.3, -0.25) is 4.79 Å². The van der Waals surface area contributed by atoms with Gasteiger partial charge in [0.1, 0.15) is 5.82 Å². The van der Waals surface area contributed by atoms with Gasteiger partial charge in [-0.2, -0.15) is 4.68 Å². The molecule has 27 heavy (non-hydrogen) atoms. The highest BCUT2D eigenvalue weighted by Gasteiger charge is 2.13. The molecular formula is C20H22N4O3. The average Bonchev–Trinajstić information content (AvgIpc) is 3.00. The predicted molar refractivity (Wildman–Crippen MR) is 102 cm³/mol. The number of nitrogens with two attached hydrogens (primary N) is 1. The van der Waals surface area contributed by atoms with E-state index in [-0.39, 0.29) is 11.7 Å². The highest BCUT2D eigenvalue weighted by atomic mass is 16.5. The maximum atomic E-state index is 12.9. The largest absolute Gasteiger partial charge is 0.469 e. The van der Waals surface area contributed by atoms with E-state index in [1.807, 2.05) is 48.5 Å². The van der Waals surface area contributed by atoms with Gasteiger partial charge in [-0.25, -0.2) is 9.36 Å². The summed E-state index contributed by atoms with van der Waals surface area (Å²) in [5, 5.41) is 4.38. The molecule has 7 nitrogen and oxygen atoms in total. The van der Waals surface area contributed by atoms with Crippen molar-refractivity contribution < 1.29 is 9.53 Å². The molecule has 2 N–H and O–H groups in total. The molecule has 1 heterocycles. The predicted octanol–water partition coefficient (Wildman–Crippen LogP) is 1.90. The molecule has 0 aliphatic heterocycles. The van der Waals surface area contributed by atoms with Gasteiger partial charge >= 0.3 is 11.7 Å². The second kappa shape index (κ2) is 8.01. The zero-order valence-corrected chi connectivity index (χ0v) is 15.4. The van der Waals surface area contributed by atoms with E-state index in [2.05, 4.69) is 9.84 Å². The van der Waals surface area contributed by atoms with Crippen LogP contribution in [0.5, 0.6) is 0 Å². The number of hydrogen-bond donors (Lipinski definition) is 1. The number of aryl methyl sites for hydroxylation is 2. The van der Waals surface area contributed by atoms with Gasteiger partial charge in [0.2, 0.25) is 0 Å². The quantitative estimate of drug-likeness (QED) is 0.673. The summed E-state index contributed by atoms with van der Waals surface area (Å²) in [6.07, 6.45) is 0.916. The van der Waals surface area contributed by atoms with Gasteiger partial charge in [-0.15, -0.1) is 5.10 Å². The Labute approximate surface area is 157 Å². The molecule has 0 aliphatic rings. The molecule has 0 aliphatic carbocycles. The van der Waals surface area contributed by atoms with Crippen LogP contribution >= 0.6 is 0 Å². The number of nitrogens with zero attached hydrogens (tertiary/aromatic N) is 3. The molecule has 1 aromatic heterocycles. The van der Waals surface area contributed by atoms with Crippen molar-refractivity contribution in [1.82, 2.24) is 14.3 Å². The summed E-state index contributed by atoms with van der Waals surface area (Å²) < 4.78 is 7.59. The van der Waals surface area contributed by atoms with Gasteiger partial charge in [-0.1, -0.05) is 24.3 Å². The lowest BCUT2D eigenvalue weighted by molar-refractivity contribution is -0.140. The summed E-state index contributed by atoms with van der Waals surface area (Å²) >= 11 is 0. The Morgan fingerprint density at radius 1 is 1.04 bits per heavy atom. The second-order valence-electron chi connectivity index (χ2n) is 6.19. The summed E-state index contributed by atoms with van der Waals surface area (Å²) in [5.41, 5.74) is 8.78. The first-order valence-corrected chi connectivity index (χ1v) is 8.67. The Kier molecular flexibility index (Phi) is 5.52. The molecule has 140 valence electrons. The minimum Gasteiger partial charge on any atom is -0.469 e. The van der Waals surface area contributed by atoms with Crippen LogP contribution in [0, 0.1) is 6.92 Å². The number of aromatic nitrogens is 3. The maximum absolute atomic E-state index is 12.9. The zero-order chi connectivity index (χ0) is 19.4. The fraction of sp³-hybridized carbons (Fsp3) is 0.250. The topological polar surface area (TPSA) is 92.1 Å². The minimum atomic E-state index is -0.243. The fourth-order valence-corrected chi connectivity index (χ4v) is 2.86. The van der Waals surface area contributed by atoms with Gasteiger partial charge < -0.3 is 10.5 Å². The van der Waals surface area contributed by atoms with Crippen LogP contribution < -0.4 is 11.4 Å². The Morgan fingerprint density at radius 2 is 1.63 bits per heavy atom. The lowest BCUT2D eigenvalue weighted by atomic mass is 10.1. The van der Waals surface area contributed by atoms with Crippen LogP contribution in [0.4, 0.5) is 0 Å². The van der Waals surface area contributed by atoms with Crippen molar-refractivity contribution >= 4 is 5.97 Å². The van der Waals surface area contributed by atoms with Crippen molar-refractivity contribution in [2.45, 2.75) is 26.3 Å².